The molecule has 2 aromatic rings. The number of aromatic nitrogens is 2. The van der Waals surface area contributed by atoms with E-state index < -0.39 is 0 Å². The normalized spacial score (nSPS) is 10.4. The minimum atomic E-state index is 0.153. The molecule has 0 bridgehead atoms. The van der Waals surface area contributed by atoms with Crippen molar-refractivity contribution >= 4 is 28.2 Å². The molecule has 0 spiro atoms. The smallest absolute Gasteiger partial charge is 0.227 e. The number of methoxy groups -OCH3 is 1. The van der Waals surface area contributed by atoms with Crippen LogP contribution in [0.1, 0.15) is 0 Å². The van der Waals surface area contributed by atoms with Gasteiger partial charge in [0, 0.05) is 5.69 Å². The molecular formula is C9H8ClN3O. The van der Waals surface area contributed by atoms with E-state index in [1.54, 1.807) is 12.1 Å². The van der Waals surface area contributed by atoms with Crippen LogP contribution >= 0.6 is 11.6 Å². The van der Waals surface area contributed by atoms with Crippen LogP contribution in [0.5, 0.6) is 5.88 Å². The third-order valence-electron chi connectivity index (χ3n) is 1.89. The van der Waals surface area contributed by atoms with E-state index >= 15 is 0 Å². The Labute approximate surface area is 85.7 Å². The van der Waals surface area contributed by atoms with Gasteiger partial charge in [0.2, 0.25) is 11.2 Å². The molecule has 0 aliphatic heterocycles. The fourth-order valence-electron chi connectivity index (χ4n) is 1.30. The van der Waals surface area contributed by atoms with Crippen molar-refractivity contribution in [1.29, 1.82) is 0 Å². The summed E-state index contributed by atoms with van der Waals surface area (Å²) >= 11 is 5.71. The van der Waals surface area contributed by atoms with Crippen molar-refractivity contribution in [3.05, 3.63) is 23.5 Å². The number of hydrogen-bond acceptors (Lipinski definition) is 4. The summed E-state index contributed by atoms with van der Waals surface area (Å²) in [4.78, 5) is 7.97. The van der Waals surface area contributed by atoms with Crippen molar-refractivity contribution in [2.24, 2.45) is 0 Å². The number of benzene rings is 1. The summed E-state index contributed by atoms with van der Waals surface area (Å²) in [5.74, 6) is 0.401. The van der Waals surface area contributed by atoms with Crippen LogP contribution in [0, 0.1) is 0 Å². The Kier molecular flexibility index (Phi) is 2.13. The summed E-state index contributed by atoms with van der Waals surface area (Å²) in [6, 6.07) is 5.38. The quantitative estimate of drug-likeness (QED) is 0.576. The van der Waals surface area contributed by atoms with Gasteiger partial charge >= 0.3 is 0 Å². The highest BCUT2D eigenvalue weighted by Crippen LogP contribution is 2.28. The SMILES string of the molecule is COc1nc(Cl)nc2cccc(N)c12. The van der Waals surface area contributed by atoms with Gasteiger partial charge in [0.05, 0.1) is 18.0 Å². The van der Waals surface area contributed by atoms with Crippen molar-refractivity contribution in [1.82, 2.24) is 9.97 Å². The molecule has 4 nitrogen and oxygen atoms in total. The summed E-state index contributed by atoms with van der Waals surface area (Å²) in [6.07, 6.45) is 0. The Bertz CT molecular complexity index is 487. The maximum absolute atomic E-state index is 5.78. The minimum Gasteiger partial charge on any atom is -0.480 e. The summed E-state index contributed by atoms with van der Waals surface area (Å²) in [6.45, 7) is 0. The number of ether oxygens (including phenoxy) is 1. The largest absolute Gasteiger partial charge is 0.480 e. The van der Waals surface area contributed by atoms with Gasteiger partial charge in [-0.05, 0) is 23.7 Å². The highest BCUT2D eigenvalue weighted by molar-refractivity contribution is 6.28. The lowest BCUT2D eigenvalue weighted by Crippen LogP contribution is -1.96. The van der Waals surface area contributed by atoms with Crippen LogP contribution in [0.2, 0.25) is 5.28 Å². The molecule has 0 atom stereocenters. The Morgan fingerprint density at radius 3 is 2.86 bits per heavy atom. The van der Waals surface area contributed by atoms with E-state index in [-0.39, 0.29) is 5.28 Å². The number of nitrogen functional groups attached to an aromatic ring is 1. The number of nitrogens with zero attached hydrogens (tertiary/aromatic N) is 2. The predicted octanol–water partition coefficient (Wildman–Crippen LogP) is 1.87. The van der Waals surface area contributed by atoms with Crippen molar-refractivity contribution in [2.45, 2.75) is 0 Å². The van der Waals surface area contributed by atoms with E-state index in [9.17, 15) is 0 Å². The average Bonchev–Trinajstić information content (AvgIpc) is 2.16. The van der Waals surface area contributed by atoms with Gasteiger partial charge < -0.3 is 10.5 Å². The van der Waals surface area contributed by atoms with E-state index in [1.165, 1.54) is 7.11 Å². The summed E-state index contributed by atoms with van der Waals surface area (Å²) in [7, 11) is 1.52. The highest BCUT2D eigenvalue weighted by atomic mass is 35.5. The first-order valence-electron chi connectivity index (χ1n) is 3.98. The van der Waals surface area contributed by atoms with Crippen LogP contribution in [-0.4, -0.2) is 17.1 Å². The zero-order chi connectivity index (χ0) is 10.1. The van der Waals surface area contributed by atoms with Gasteiger partial charge in [-0.1, -0.05) is 6.07 Å². The Morgan fingerprint density at radius 2 is 2.14 bits per heavy atom. The molecule has 2 rings (SSSR count). The second-order valence-electron chi connectivity index (χ2n) is 2.74. The first-order valence-corrected chi connectivity index (χ1v) is 4.36. The van der Waals surface area contributed by atoms with Gasteiger partial charge in [-0.3, -0.25) is 0 Å². The van der Waals surface area contributed by atoms with Crippen LogP contribution in [0.3, 0.4) is 0 Å². The molecule has 1 heterocycles. The van der Waals surface area contributed by atoms with Crippen LogP contribution in [0.15, 0.2) is 18.2 Å². The molecule has 0 radical (unpaired) electrons. The minimum absolute atomic E-state index is 0.153. The van der Waals surface area contributed by atoms with E-state index in [1.807, 2.05) is 6.07 Å². The van der Waals surface area contributed by atoms with E-state index in [0.29, 0.717) is 22.5 Å². The molecule has 14 heavy (non-hydrogen) atoms. The van der Waals surface area contributed by atoms with E-state index in [0.717, 1.165) is 0 Å². The number of hydrogen-bond donors (Lipinski definition) is 1. The van der Waals surface area contributed by atoms with Gasteiger partial charge in [0.1, 0.15) is 0 Å². The van der Waals surface area contributed by atoms with Gasteiger partial charge in [-0.2, -0.15) is 4.98 Å². The second-order valence-corrected chi connectivity index (χ2v) is 3.08. The number of halogens is 1. The summed E-state index contributed by atoms with van der Waals surface area (Å²) in [5, 5.41) is 0.847. The lowest BCUT2D eigenvalue weighted by molar-refractivity contribution is 0.403. The van der Waals surface area contributed by atoms with Gasteiger partial charge in [0.25, 0.3) is 0 Å². The molecule has 0 amide bonds. The first-order chi connectivity index (χ1) is 6.72. The maximum Gasteiger partial charge on any atom is 0.227 e. The van der Waals surface area contributed by atoms with Crippen molar-refractivity contribution < 1.29 is 4.74 Å². The average molecular weight is 210 g/mol. The predicted molar refractivity (Wildman–Crippen MR) is 55.5 cm³/mol. The molecule has 0 unspecified atom stereocenters. The standard InChI is InChI=1S/C9H8ClN3O/c1-14-8-7-5(11)3-2-4-6(7)12-9(10)13-8/h2-4H,11H2,1H3. The zero-order valence-corrected chi connectivity index (χ0v) is 8.25. The molecule has 72 valence electrons. The molecule has 0 fully saturated rings. The molecule has 1 aromatic heterocycles. The Balaban J connectivity index is 2.88. The lowest BCUT2D eigenvalue weighted by Gasteiger charge is -2.06. The summed E-state index contributed by atoms with van der Waals surface area (Å²) < 4.78 is 5.07. The van der Waals surface area contributed by atoms with Crippen LogP contribution < -0.4 is 10.5 Å². The van der Waals surface area contributed by atoms with Gasteiger partial charge in [-0.25, -0.2) is 4.98 Å². The van der Waals surface area contributed by atoms with Gasteiger partial charge in [0.15, 0.2) is 0 Å². The molecule has 0 saturated heterocycles. The molecule has 1 aromatic carbocycles. The summed E-state index contributed by atoms with van der Waals surface area (Å²) in [5.41, 5.74) is 7.04. The zero-order valence-electron chi connectivity index (χ0n) is 7.49. The number of rotatable bonds is 1. The molecule has 5 heteroatoms. The molecule has 2 N–H and O–H groups in total. The van der Waals surface area contributed by atoms with Gasteiger partial charge in [-0.15, -0.1) is 0 Å². The fraction of sp³-hybridized carbons (Fsp3) is 0.111. The highest BCUT2D eigenvalue weighted by Gasteiger charge is 2.08. The first kappa shape index (κ1) is 9.02. The van der Waals surface area contributed by atoms with E-state index in [2.05, 4.69) is 9.97 Å². The van der Waals surface area contributed by atoms with Crippen molar-refractivity contribution in [3.8, 4) is 5.88 Å². The number of anilines is 1. The van der Waals surface area contributed by atoms with Crippen LogP contribution in [0.4, 0.5) is 5.69 Å². The third-order valence-corrected chi connectivity index (χ3v) is 2.06. The monoisotopic (exact) mass is 209 g/mol. The lowest BCUT2D eigenvalue weighted by atomic mass is 10.2. The van der Waals surface area contributed by atoms with Crippen molar-refractivity contribution in [2.75, 3.05) is 12.8 Å². The topological polar surface area (TPSA) is 61.0 Å². The molecule has 0 aliphatic carbocycles. The molecule has 0 saturated carbocycles. The van der Waals surface area contributed by atoms with Crippen LogP contribution in [-0.2, 0) is 0 Å². The number of nitrogens with two attached hydrogens (primary N) is 1. The molecular weight excluding hydrogens is 202 g/mol. The van der Waals surface area contributed by atoms with Crippen molar-refractivity contribution in [3.63, 3.8) is 0 Å². The maximum atomic E-state index is 5.78. The Hall–Kier alpha value is -1.55. The van der Waals surface area contributed by atoms with E-state index in [4.69, 9.17) is 22.1 Å². The Morgan fingerprint density at radius 1 is 1.36 bits per heavy atom. The number of fused-ring (bicyclic) bond motifs is 1. The van der Waals surface area contributed by atoms with Crippen LogP contribution in [0.25, 0.3) is 10.9 Å². The third kappa shape index (κ3) is 1.33. The fourth-order valence-corrected chi connectivity index (χ4v) is 1.46. The molecule has 0 aliphatic rings. The second kappa shape index (κ2) is 3.31.